The molecule has 0 unspecified atom stereocenters. The number of hydrogen-bond acceptors (Lipinski definition) is 5. The van der Waals surface area contributed by atoms with Gasteiger partial charge in [0.1, 0.15) is 5.75 Å². The number of hydrogen-bond donors (Lipinski definition) is 3. The van der Waals surface area contributed by atoms with Gasteiger partial charge in [-0.05, 0) is 59.7 Å². The number of nitrogens with zero attached hydrogens (tertiary/aromatic N) is 1. The molecule has 3 rings (SSSR count). The molecule has 0 atom stereocenters. The first kappa shape index (κ1) is 23.5. The molecule has 0 fully saturated rings. The lowest BCUT2D eigenvalue weighted by Gasteiger charge is -2.08. The Morgan fingerprint density at radius 3 is 2.27 bits per heavy atom. The number of carbonyl (C=O) groups is 3. The van der Waals surface area contributed by atoms with Crippen LogP contribution in [-0.4, -0.2) is 30.5 Å². The Hall–Kier alpha value is -4.17. The van der Waals surface area contributed by atoms with Crippen molar-refractivity contribution in [3.8, 4) is 5.75 Å². The minimum absolute atomic E-state index is 0.162. The third-order valence-electron chi connectivity index (χ3n) is 4.26. The predicted octanol–water partition coefficient (Wildman–Crippen LogP) is 3.12. The zero-order valence-electron chi connectivity index (χ0n) is 17.5. The van der Waals surface area contributed by atoms with Crippen molar-refractivity contribution in [1.82, 2.24) is 10.7 Å². The molecule has 3 N–H and O–H groups in total. The number of amides is 3. The minimum Gasteiger partial charge on any atom is -0.484 e. The Morgan fingerprint density at radius 1 is 0.879 bits per heavy atom. The van der Waals surface area contributed by atoms with Gasteiger partial charge in [-0.2, -0.15) is 5.10 Å². The SMILES string of the molecule is O=C(COc1ccc(/C=N\NC(=O)C(=O)NCc2ccccc2)cc1)Nc1ccc(Cl)cc1. The molecular weight excluding hydrogens is 444 g/mol. The van der Waals surface area contributed by atoms with E-state index in [0.717, 1.165) is 5.56 Å². The fraction of sp³-hybridized carbons (Fsp3) is 0.0833. The fourth-order valence-electron chi connectivity index (χ4n) is 2.60. The second kappa shape index (κ2) is 12.0. The first-order valence-electron chi connectivity index (χ1n) is 9.93. The largest absolute Gasteiger partial charge is 0.484 e. The van der Waals surface area contributed by atoms with Crippen molar-refractivity contribution in [3.63, 3.8) is 0 Å². The van der Waals surface area contributed by atoms with E-state index in [-0.39, 0.29) is 19.1 Å². The maximum absolute atomic E-state index is 12.0. The molecule has 0 heterocycles. The van der Waals surface area contributed by atoms with Crippen LogP contribution in [0.4, 0.5) is 5.69 Å². The van der Waals surface area contributed by atoms with Gasteiger partial charge in [0.05, 0.1) is 6.21 Å². The van der Waals surface area contributed by atoms with Crippen molar-refractivity contribution >= 4 is 41.2 Å². The smallest absolute Gasteiger partial charge is 0.329 e. The van der Waals surface area contributed by atoms with Crippen molar-refractivity contribution in [3.05, 3.63) is 95.0 Å². The highest BCUT2D eigenvalue weighted by Gasteiger charge is 2.11. The normalized spacial score (nSPS) is 10.5. The lowest BCUT2D eigenvalue weighted by Crippen LogP contribution is -2.37. The van der Waals surface area contributed by atoms with Crippen LogP contribution in [-0.2, 0) is 20.9 Å². The number of anilines is 1. The highest BCUT2D eigenvalue weighted by molar-refractivity contribution is 6.35. The van der Waals surface area contributed by atoms with Gasteiger partial charge in [0, 0.05) is 17.3 Å². The van der Waals surface area contributed by atoms with Crippen LogP contribution < -0.4 is 20.8 Å². The maximum atomic E-state index is 12.0. The first-order chi connectivity index (χ1) is 16.0. The summed E-state index contributed by atoms with van der Waals surface area (Å²) in [5.41, 5.74) is 4.34. The molecule has 0 aliphatic rings. The van der Waals surface area contributed by atoms with Gasteiger partial charge in [-0.15, -0.1) is 0 Å². The molecule has 9 heteroatoms. The van der Waals surface area contributed by atoms with E-state index in [0.29, 0.717) is 22.0 Å². The summed E-state index contributed by atoms with van der Waals surface area (Å²) in [5.74, 6) is -1.47. The summed E-state index contributed by atoms with van der Waals surface area (Å²) in [4.78, 5) is 35.6. The molecule has 0 radical (unpaired) electrons. The third kappa shape index (κ3) is 8.12. The molecular formula is C24H21ClN4O4. The summed E-state index contributed by atoms with van der Waals surface area (Å²) in [6.07, 6.45) is 1.39. The molecule has 0 saturated heterocycles. The summed E-state index contributed by atoms with van der Waals surface area (Å²) in [6, 6.07) is 22.7. The van der Waals surface area contributed by atoms with Crippen LogP contribution in [0.1, 0.15) is 11.1 Å². The van der Waals surface area contributed by atoms with Gasteiger partial charge in [0.15, 0.2) is 6.61 Å². The lowest BCUT2D eigenvalue weighted by molar-refractivity contribution is -0.139. The van der Waals surface area contributed by atoms with Gasteiger partial charge in [0.2, 0.25) is 0 Å². The average Bonchev–Trinajstić information content (AvgIpc) is 2.84. The number of hydrazone groups is 1. The second-order valence-corrected chi connectivity index (χ2v) is 7.22. The van der Waals surface area contributed by atoms with E-state index < -0.39 is 11.8 Å². The second-order valence-electron chi connectivity index (χ2n) is 6.78. The van der Waals surface area contributed by atoms with Crippen LogP contribution >= 0.6 is 11.6 Å². The molecule has 0 aliphatic carbocycles. The van der Waals surface area contributed by atoms with Crippen LogP contribution in [0.25, 0.3) is 0 Å². The van der Waals surface area contributed by atoms with Crippen LogP contribution in [0.2, 0.25) is 5.02 Å². The molecule has 3 aromatic carbocycles. The van der Waals surface area contributed by atoms with E-state index in [1.165, 1.54) is 6.21 Å². The average molecular weight is 465 g/mol. The summed E-state index contributed by atoms with van der Waals surface area (Å²) < 4.78 is 5.45. The molecule has 3 amide bonds. The Bertz CT molecular complexity index is 1120. The Balaban J connectivity index is 1.39. The van der Waals surface area contributed by atoms with Crippen LogP contribution in [0, 0.1) is 0 Å². The first-order valence-corrected chi connectivity index (χ1v) is 10.3. The number of benzene rings is 3. The number of rotatable bonds is 8. The Kier molecular flexibility index (Phi) is 8.55. The molecule has 33 heavy (non-hydrogen) atoms. The monoisotopic (exact) mass is 464 g/mol. The quantitative estimate of drug-likeness (QED) is 0.270. The van der Waals surface area contributed by atoms with Gasteiger partial charge >= 0.3 is 11.8 Å². The maximum Gasteiger partial charge on any atom is 0.329 e. The summed E-state index contributed by atoms with van der Waals surface area (Å²) >= 11 is 5.81. The highest BCUT2D eigenvalue weighted by atomic mass is 35.5. The van der Waals surface area contributed by atoms with Gasteiger partial charge in [-0.25, -0.2) is 5.43 Å². The molecule has 0 aliphatic heterocycles. The lowest BCUT2D eigenvalue weighted by atomic mass is 10.2. The molecule has 0 saturated carbocycles. The van der Waals surface area contributed by atoms with Gasteiger partial charge in [0.25, 0.3) is 5.91 Å². The molecule has 0 aromatic heterocycles. The summed E-state index contributed by atoms with van der Waals surface area (Å²) in [6.45, 7) is 0.0835. The fourth-order valence-corrected chi connectivity index (χ4v) is 2.73. The van der Waals surface area contributed by atoms with Crippen molar-refractivity contribution in [2.45, 2.75) is 6.54 Å². The van der Waals surface area contributed by atoms with Crippen molar-refractivity contribution in [1.29, 1.82) is 0 Å². The molecule has 8 nitrogen and oxygen atoms in total. The number of nitrogens with one attached hydrogen (secondary N) is 3. The van der Waals surface area contributed by atoms with E-state index >= 15 is 0 Å². The molecule has 3 aromatic rings. The predicted molar refractivity (Wildman–Crippen MR) is 126 cm³/mol. The summed E-state index contributed by atoms with van der Waals surface area (Å²) in [5, 5.41) is 9.57. The molecule has 0 bridgehead atoms. The van der Waals surface area contributed by atoms with Crippen molar-refractivity contribution in [2.75, 3.05) is 11.9 Å². The molecule has 168 valence electrons. The van der Waals surface area contributed by atoms with E-state index in [1.54, 1.807) is 48.5 Å². The van der Waals surface area contributed by atoms with E-state index in [2.05, 4.69) is 21.2 Å². The topological polar surface area (TPSA) is 109 Å². The minimum atomic E-state index is -0.867. The third-order valence-corrected chi connectivity index (χ3v) is 4.51. The van der Waals surface area contributed by atoms with E-state index in [4.69, 9.17) is 16.3 Å². The van der Waals surface area contributed by atoms with Gasteiger partial charge in [-0.3, -0.25) is 14.4 Å². The zero-order valence-corrected chi connectivity index (χ0v) is 18.2. The number of ether oxygens (including phenoxy) is 1. The Labute approximate surface area is 195 Å². The van der Waals surface area contributed by atoms with Crippen LogP contribution in [0.5, 0.6) is 5.75 Å². The number of carbonyl (C=O) groups excluding carboxylic acids is 3. The van der Waals surface area contributed by atoms with Gasteiger partial charge in [-0.1, -0.05) is 41.9 Å². The van der Waals surface area contributed by atoms with Crippen molar-refractivity contribution < 1.29 is 19.1 Å². The van der Waals surface area contributed by atoms with Crippen molar-refractivity contribution in [2.24, 2.45) is 5.10 Å². The number of halogens is 1. The van der Waals surface area contributed by atoms with E-state index in [9.17, 15) is 14.4 Å². The zero-order chi connectivity index (χ0) is 23.5. The highest BCUT2D eigenvalue weighted by Crippen LogP contribution is 2.14. The van der Waals surface area contributed by atoms with Gasteiger partial charge < -0.3 is 15.4 Å². The van der Waals surface area contributed by atoms with E-state index in [1.807, 2.05) is 30.3 Å². The van der Waals surface area contributed by atoms with Crippen LogP contribution in [0.3, 0.4) is 0 Å². The Morgan fingerprint density at radius 2 is 1.58 bits per heavy atom. The molecule has 0 spiro atoms. The standard InChI is InChI=1S/C24H21ClN4O4/c25-19-8-10-20(11-9-19)28-22(30)16-33-21-12-6-18(7-13-21)15-27-29-24(32)23(31)26-14-17-4-2-1-3-5-17/h1-13,15H,14,16H2,(H,26,31)(H,28,30)(H,29,32)/b27-15-. The summed E-state index contributed by atoms with van der Waals surface area (Å²) in [7, 11) is 0. The van der Waals surface area contributed by atoms with Crippen LogP contribution in [0.15, 0.2) is 84.0 Å².